The lowest BCUT2D eigenvalue weighted by Crippen LogP contribution is -2.51. The van der Waals surface area contributed by atoms with Gasteiger partial charge in [0.2, 0.25) is 0 Å². The maximum absolute atomic E-state index is 4.43. The number of thiazole rings is 1. The summed E-state index contributed by atoms with van der Waals surface area (Å²) in [5.74, 6) is 0.975. The van der Waals surface area contributed by atoms with Crippen LogP contribution in [-0.4, -0.2) is 55.8 Å². The number of nitrogens with zero attached hydrogens (tertiary/aromatic N) is 7. The summed E-state index contributed by atoms with van der Waals surface area (Å²) in [6, 6.07) is 0.458. The summed E-state index contributed by atoms with van der Waals surface area (Å²) >= 11 is 1.71. The van der Waals surface area contributed by atoms with Gasteiger partial charge in [-0.1, -0.05) is 13.3 Å². The zero-order valence-corrected chi connectivity index (χ0v) is 14.0. The van der Waals surface area contributed by atoms with E-state index in [0.29, 0.717) is 6.04 Å². The van der Waals surface area contributed by atoms with E-state index in [-0.39, 0.29) is 0 Å². The summed E-state index contributed by atoms with van der Waals surface area (Å²) in [5, 5.41) is 15.3. The highest BCUT2D eigenvalue weighted by atomic mass is 32.1. The van der Waals surface area contributed by atoms with Crippen molar-refractivity contribution in [3.8, 4) is 0 Å². The highest BCUT2D eigenvalue weighted by Crippen LogP contribution is 2.23. The number of piperazine rings is 1. The first kappa shape index (κ1) is 15.4. The van der Waals surface area contributed by atoms with E-state index in [1.165, 1.54) is 0 Å². The zero-order valence-electron chi connectivity index (χ0n) is 13.2. The largest absolute Gasteiger partial charge is 0.343 e. The van der Waals surface area contributed by atoms with Gasteiger partial charge >= 0.3 is 0 Å². The Labute approximate surface area is 134 Å². The Bertz CT molecular complexity index is 568. The number of tetrazole rings is 1. The quantitative estimate of drug-likeness (QED) is 0.806. The summed E-state index contributed by atoms with van der Waals surface area (Å²) in [6.07, 6.45) is 4.15. The topological polar surface area (TPSA) is 63.0 Å². The van der Waals surface area contributed by atoms with Gasteiger partial charge in [0.15, 0.2) is 11.0 Å². The van der Waals surface area contributed by atoms with E-state index in [0.717, 1.165) is 56.5 Å². The van der Waals surface area contributed by atoms with E-state index in [9.17, 15) is 0 Å². The molecule has 2 aromatic rings. The van der Waals surface area contributed by atoms with Gasteiger partial charge in [-0.3, -0.25) is 4.90 Å². The molecule has 0 aliphatic carbocycles. The molecule has 1 fully saturated rings. The van der Waals surface area contributed by atoms with Crippen LogP contribution in [-0.2, 0) is 13.1 Å². The summed E-state index contributed by atoms with van der Waals surface area (Å²) in [5.41, 5.74) is 0. The van der Waals surface area contributed by atoms with Crippen molar-refractivity contribution in [1.82, 2.24) is 30.1 Å². The maximum Gasteiger partial charge on any atom is 0.185 e. The molecule has 8 heteroatoms. The molecule has 2 aromatic heterocycles. The molecule has 3 heterocycles. The van der Waals surface area contributed by atoms with Crippen molar-refractivity contribution in [2.45, 2.75) is 45.8 Å². The number of unbranched alkanes of at least 4 members (excludes halogenated alkanes) is 1. The molecule has 3 rings (SSSR count). The van der Waals surface area contributed by atoms with Crippen LogP contribution in [0, 0.1) is 0 Å². The Morgan fingerprint density at radius 3 is 3.00 bits per heavy atom. The number of aromatic nitrogens is 5. The minimum absolute atomic E-state index is 0.458. The third kappa shape index (κ3) is 3.44. The average molecular weight is 321 g/mol. The van der Waals surface area contributed by atoms with Crippen molar-refractivity contribution in [2.24, 2.45) is 0 Å². The molecule has 22 heavy (non-hydrogen) atoms. The fourth-order valence-electron chi connectivity index (χ4n) is 2.84. The third-order valence-electron chi connectivity index (χ3n) is 4.07. The lowest BCUT2D eigenvalue weighted by molar-refractivity contribution is 0.212. The fourth-order valence-corrected chi connectivity index (χ4v) is 3.61. The first-order chi connectivity index (χ1) is 10.8. The number of rotatable bonds is 6. The van der Waals surface area contributed by atoms with Crippen LogP contribution in [0.2, 0.25) is 0 Å². The Balaban J connectivity index is 1.58. The smallest absolute Gasteiger partial charge is 0.185 e. The highest BCUT2D eigenvalue weighted by molar-refractivity contribution is 7.13. The van der Waals surface area contributed by atoms with Gasteiger partial charge in [-0.15, -0.1) is 16.4 Å². The van der Waals surface area contributed by atoms with Gasteiger partial charge in [-0.25, -0.2) is 9.67 Å². The van der Waals surface area contributed by atoms with Crippen molar-refractivity contribution in [1.29, 1.82) is 0 Å². The van der Waals surface area contributed by atoms with Crippen LogP contribution in [0.15, 0.2) is 11.6 Å². The lowest BCUT2D eigenvalue weighted by atomic mass is 10.2. The Morgan fingerprint density at radius 2 is 2.27 bits per heavy atom. The van der Waals surface area contributed by atoms with Crippen molar-refractivity contribution in [3.63, 3.8) is 0 Å². The Kier molecular flexibility index (Phi) is 4.99. The Morgan fingerprint density at radius 1 is 1.36 bits per heavy atom. The number of anilines is 1. The van der Waals surface area contributed by atoms with Crippen molar-refractivity contribution >= 4 is 16.5 Å². The summed E-state index contributed by atoms with van der Waals surface area (Å²) in [7, 11) is 0. The molecule has 0 aromatic carbocycles. The third-order valence-corrected chi connectivity index (χ3v) is 4.88. The van der Waals surface area contributed by atoms with E-state index in [4.69, 9.17) is 0 Å². The normalized spacial score (nSPS) is 19.7. The van der Waals surface area contributed by atoms with E-state index >= 15 is 0 Å². The van der Waals surface area contributed by atoms with E-state index in [1.807, 2.05) is 16.3 Å². The summed E-state index contributed by atoms with van der Waals surface area (Å²) < 4.78 is 1.95. The van der Waals surface area contributed by atoms with Gasteiger partial charge in [0.05, 0.1) is 6.54 Å². The van der Waals surface area contributed by atoms with Crippen LogP contribution in [0.5, 0.6) is 0 Å². The molecule has 0 unspecified atom stereocenters. The van der Waals surface area contributed by atoms with Gasteiger partial charge in [-0.2, -0.15) is 0 Å². The molecule has 0 radical (unpaired) electrons. The van der Waals surface area contributed by atoms with Gasteiger partial charge in [-0.05, 0) is 23.8 Å². The molecule has 1 atom stereocenters. The SMILES string of the molecule is CCCCn1nnnc1CN1CCN(c2nccs2)[C@H](C)C1. The molecule has 120 valence electrons. The second-order valence-corrected chi connectivity index (χ2v) is 6.64. The minimum Gasteiger partial charge on any atom is -0.343 e. The number of hydrogen-bond acceptors (Lipinski definition) is 7. The number of aryl methyl sites for hydroxylation is 1. The van der Waals surface area contributed by atoms with Crippen LogP contribution in [0.3, 0.4) is 0 Å². The molecule has 0 spiro atoms. The van der Waals surface area contributed by atoms with Gasteiger partial charge < -0.3 is 4.90 Å². The van der Waals surface area contributed by atoms with Crippen LogP contribution < -0.4 is 4.90 Å². The molecule has 0 amide bonds. The molecular formula is C14H23N7S. The molecule has 0 bridgehead atoms. The first-order valence-corrected chi connectivity index (χ1v) is 8.79. The fraction of sp³-hybridized carbons (Fsp3) is 0.714. The van der Waals surface area contributed by atoms with Gasteiger partial charge in [0, 0.05) is 43.8 Å². The van der Waals surface area contributed by atoms with Crippen molar-refractivity contribution in [2.75, 3.05) is 24.5 Å². The van der Waals surface area contributed by atoms with Crippen molar-refractivity contribution < 1.29 is 0 Å². The van der Waals surface area contributed by atoms with E-state index < -0.39 is 0 Å². The molecule has 0 N–H and O–H groups in total. The number of hydrogen-bond donors (Lipinski definition) is 0. The predicted molar refractivity (Wildman–Crippen MR) is 86.9 cm³/mol. The summed E-state index contributed by atoms with van der Waals surface area (Å²) in [6.45, 7) is 9.22. The minimum atomic E-state index is 0.458. The van der Waals surface area contributed by atoms with Crippen LogP contribution in [0.1, 0.15) is 32.5 Å². The first-order valence-electron chi connectivity index (χ1n) is 7.91. The molecule has 1 aliphatic rings. The second-order valence-electron chi connectivity index (χ2n) is 5.76. The highest BCUT2D eigenvalue weighted by Gasteiger charge is 2.26. The molecular weight excluding hydrogens is 298 g/mol. The average Bonchev–Trinajstić information content (AvgIpc) is 3.17. The molecule has 1 aliphatic heterocycles. The van der Waals surface area contributed by atoms with Crippen LogP contribution >= 0.6 is 11.3 Å². The monoisotopic (exact) mass is 321 g/mol. The van der Waals surface area contributed by atoms with E-state index in [1.54, 1.807) is 11.3 Å². The van der Waals surface area contributed by atoms with E-state index in [2.05, 4.69) is 44.2 Å². The van der Waals surface area contributed by atoms with Crippen LogP contribution in [0.4, 0.5) is 5.13 Å². The maximum atomic E-state index is 4.43. The predicted octanol–water partition coefficient (Wildman–Crippen LogP) is 1.64. The summed E-state index contributed by atoms with van der Waals surface area (Å²) in [4.78, 5) is 9.25. The van der Waals surface area contributed by atoms with Crippen molar-refractivity contribution in [3.05, 3.63) is 17.4 Å². The zero-order chi connectivity index (χ0) is 15.4. The standard InChI is InChI=1S/C14H23N7S/c1-3-4-6-21-13(16-17-18-21)11-19-7-8-20(12(2)10-19)14-15-5-9-22-14/h5,9,12H,3-4,6-8,10-11H2,1-2H3/t12-/m1/s1. The van der Waals surface area contributed by atoms with Gasteiger partial charge in [0.25, 0.3) is 0 Å². The van der Waals surface area contributed by atoms with Crippen LogP contribution in [0.25, 0.3) is 0 Å². The lowest BCUT2D eigenvalue weighted by Gasteiger charge is -2.39. The second kappa shape index (κ2) is 7.15. The molecule has 0 saturated carbocycles. The van der Waals surface area contributed by atoms with Gasteiger partial charge in [0.1, 0.15) is 0 Å². The molecule has 1 saturated heterocycles. The Hall–Kier alpha value is -1.54. The molecule has 7 nitrogen and oxygen atoms in total.